The first kappa shape index (κ1) is 13.4. The summed E-state index contributed by atoms with van der Waals surface area (Å²) in [5, 5.41) is 14.5. The van der Waals surface area contributed by atoms with Gasteiger partial charge in [-0.3, -0.25) is 0 Å². The van der Waals surface area contributed by atoms with E-state index < -0.39 is 5.97 Å². The average Bonchev–Trinajstić information content (AvgIpc) is 2.29. The van der Waals surface area contributed by atoms with Crippen molar-refractivity contribution in [1.29, 1.82) is 0 Å². The normalized spacial score (nSPS) is 21.4. The Bertz CT molecular complexity index is 507. The number of benzene rings is 1. The zero-order valence-corrected chi connectivity index (χ0v) is 11.1. The Balaban J connectivity index is 2.02. The highest BCUT2D eigenvalue weighted by Gasteiger charge is 2.26. The molecule has 0 heterocycles. The van der Waals surface area contributed by atoms with Gasteiger partial charge in [0.25, 0.3) is 0 Å². The summed E-state index contributed by atoms with van der Waals surface area (Å²) in [5.74, 6) is -0.393. The number of amides is 2. The van der Waals surface area contributed by atoms with Gasteiger partial charge in [0.2, 0.25) is 0 Å². The smallest absolute Gasteiger partial charge is 0.337 e. The first-order valence-electron chi connectivity index (χ1n) is 6.37. The van der Waals surface area contributed by atoms with Crippen LogP contribution in [0, 0.1) is 12.8 Å². The first-order chi connectivity index (χ1) is 8.95. The van der Waals surface area contributed by atoms with Crippen molar-refractivity contribution in [2.45, 2.75) is 32.7 Å². The Morgan fingerprint density at radius 2 is 2.00 bits per heavy atom. The molecule has 3 N–H and O–H groups in total. The van der Waals surface area contributed by atoms with Crippen molar-refractivity contribution in [3.05, 3.63) is 29.3 Å². The molecule has 2 rings (SSSR count). The van der Waals surface area contributed by atoms with Crippen LogP contribution in [0.2, 0.25) is 0 Å². The number of carbonyl (C=O) groups excluding carboxylic acids is 1. The minimum Gasteiger partial charge on any atom is -0.478 e. The molecule has 0 aliphatic heterocycles. The summed E-state index contributed by atoms with van der Waals surface area (Å²) < 4.78 is 0. The third kappa shape index (κ3) is 3.24. The zero-order valence-electron chi connectivity index (χ0n) is 11.1. The van der Waals surface area contributed by atoms with E-state index in [1.165, 1.54) is 0 Å². The monoisotopic (exact) mass is 262 g/mol. The van der Waals surface area contributed by atoms with Gasteiger partial charge in [-0.2, -0.15) is 0 Å². The molecule has 1 aliphatic carbocycles. The van der Waals surface area contributed by atoms with Gasteiger partial charge in [0, 0.05) is 6.04 Å². The lowest BCUT2D eigenvalue weighted by Crippen LogP contribution is -2.45. The molecule has 1 aromatic carbocycles. The van der Waals surface area contributed by atoms with Crippen LogP contribution in [0.4, 0.5) is 10.5 Å². The van der Waals surface area contributed by atoms with Gasteiger partial charge < -0.3 is 15.7 Å². The first-order valence-corrected chi connectivity index (χ1v) is 6.37. The van der Waals surface area contributed by atoms with E-state index in [0.717, 1.165) is 18.4 Å². The van der Waals surface area contributed by atoms with Crippen molar-refractivity contribution in [1.82, 2.24) is 5.32 Å². The Hall–Kier alpha value is -2.04. The third-order valence-electron chi connectivity index (χ3n) is 3.36. The number of hydrogen-bond acceptors (Lipinski definition) is 2. The second-order valence-electron chi connectivity index (χ2n) is 5.23. The summed E-state index contributed by atoms with van der Waals surface area (Å²) in [6.45, 7) is 3.95. The lowest BCUT2D eigenvalue weighted by Gasteiger charge is -2.33. The predicted octanol–water partition coefficient (Wildman–Crippen LogP) is 2.61. The number of anilines is 1. The summed E-state index contributed by atoms with van der Waals surface area (Å²) in [6, 6.07) is 4.79. The van der Waals surface area contributed by atoms with E-state index in [1.54, 1.807) is 18.2 Å². The van der Waals surface area contributed by atoms with E-state index in [-0.39, 0.29) is 17.6 Å². The van der Waals surface area contributed by atoms with Crippen molar-refractivity contribution in [3.8, 4) is 0 Å². The van der Waals surface area contributed by atoms with Crippen LogP contribution in [0.5, 0.6) is 0 Å². The molecule has 1 aliphatic rings. The third-order valence-corrected chi connectivity index (χ3v) is 3.36. The van der Waals surface area contributed by atoms with E-state index in [2.05, 4.69) is 17.6 Å². The van der Waals surface area contributed by atoms with Crippen molar-refractivity contribution < 1.29 is 14.7 Å². The Labute approximate surface area is 112 Å². The molecule has 2 amide bonds. The lowest BCUT2D eigenvalue weighted by molar-refractivity contribution is 0.0698. The minimum absolute atomic E-state index is 0.108. The maximum absolute atomic E-state index is 11.8. The number of nitrogens with one attached hydrogen (secondary N) is 2. The number of urea groups is 1. The van der Waals surface area contributed by atoms with Crippen molar-refractivity contribution in [2.24, 2.45) is 5.92 Å². The number of rotatable bonds is 3. The highest BCUT2D eigenvalue weighted by Crippen LogP contribution is 2.26. The van der Waals surface area contributed by atoms with Gasteiger partial charge in [0.15, 0.2) is 0 Å². The molecule has 0 bridgehead atoms. The molecule has 0 aromatic heterocycles. The molecular weight excluding hydrogens is 244 g/mol. The fraction of sp³-hybridized carbons (Fsp3) is 0.429. The number of carboxylic acid groups (broad SMARTS) is 1. The van der Waals surface area contributed by atoms with Crippen LogP contribution in [0.3, 0.4) is 0 Å². The number of aryl methyl sites for hydroxylation is 1. The Kier molecular flexibility index (Phi) is 3.74. The standard InChI is InChI=1S/C14H18N2O3/c1-8-3-4-12(11(7-8)13(17)18)16-14(19)15-10-5-9(2)6-10/h3-4,7,9-10H,5-6H2,1-2H3,(H,17,18)(H2,15,16,19). The summed E-state index contributed by atoms with van der Waals surface area (Å²) >= 11 is 0. The molecule has 0 radical (unpaired) electrons. The lowest BCUT2D eigenvalue weighted by atomic mass is 9.82. The topological polar surface area (TPSA) is 78.4 Å². The highest BCUT2D eigenvalue weighted by atomic mass is 16.4. The second kappa shape index (κ2) is 5.30. The minimum atomic E-state index is -1.05. The van der Waals surface area contributed by atoms with Gasteiger partial charge in [-0.05, 0) is 37.8 Å². The summed E-state index contributed by atoms with van der Waals surface area (Å²) in [4.78, 5) is 22.9. The van der Waals surface area contributed by atoms with Gasteiger partial charge in [-0.1, -0.05) is 18.6 Å². The molecule has 1 aromatic rings. The number of hydrogen-bond donors (Lipinski definition) is 3. The van der Waals surface area contributed by atoms with Gasteiger partial charge in [0.1, 0.15) is 0 Å². The number of carbonyl (C=O) groups is 2. The average molecular weight is 262 g/mol. The molecular formula is C14H18N2O3. The molecule has 0 spiro atoms. The van der Waals surface area contributed by atoms with E-state index in [1.807, 2.05) is 6.92 Å². The van der Waals surface area contributed by atoms with Crippen LogP contribution in [0.15, 0.2) is 18.2 Å². The van der Waals surface area contributed by atoms with Crippen LogP contribution >= 0.6 is 0 Å². The molecule has 5 nitrogen and oxygen atoms in total. The predicted molar refractivity (Wildman–Crippen MR) is 72.5 cm³/mol. The fourth-order valence-corrected chi connectivity index (χ4v) is 2.31. The van der Waals surface area contributed by atoms with Crippen LogP contribution < -0.4 is 10.6 Å². The van der Waals surface area contributed by atoms with E-state index >= 15 is 0 Å². The van der Waals surface area contributed by atoms with Crippen molar-refractivity contribution in [2.75, 3.05) is 5.32 Å². The van der Waals surface area contributed by atoms with E-state index in [9.17, 15) is 9.59 Å². The summed E-state index contributed by atoms with van der Waals surface area (Å²) in [7, 11) is 0. The maximum Gasteiger partial charge on any atom is 0.337 e. The SMILES string of the molecule is Cc1ccc(NC(=O)NC2CC(C)C2)c(C(=O)O)c1. The van der Waals surface area contributed by atoms with Crippen LogP contribution in [0.1, 0.15) is 35.7 Å². The number of aromatic carboxylic acids is 1. The van der Waals surface area contributed by atoms with E-state index in [4.69, 9.17) is 5.11 Å². The number of carboxylic acids is 1. The largest absolute Gasteiger partial charge is 0.478 e. The maximum atomic E-state index is 11.8. The van der Waals surface area contributed by atoms with Gasteiger partial charge in [-0.15, -0.1) is 0 Å². The molecule has 1 saturated carbocycles. The molecule has 102 valence electrons. The summed E-state index contributed by atoms with van der Waals surface area (Å²) in [6.07, 6.45) is 1.96. The molecule has 0 unspecified atom stereocenters. The Morgan fingerprint density at radius 1 is 1.32 bits per heavy atom. The van der Waals surface area contributed by atoms with Crippen molar-refractivity contribution >= 4 is 17.7 Å². The summed E-state index contributed by atoms with van der Waals surface area (Å²) in [5.41, 5.74) is 1.27. The van der Waals surface area contributed by atoms with Gasteiger partial charge >= 0.3 is 12.0 Å². The second-order valence-corrected chi connectivity index (χ2v) is 5.23. The quantitative estimate of drug-likeness (QED) is 0.783. The van der Waals surface area contributed by atoms with Crippen LogP contribution in [0.25, 0.3) is 0 Å². The van der Waals surface area contributed by atoms with Crippen LogP contribution in [-0.4, -0.2) is 23.1 Å². The van der Waals surface area contributed by atoms with Crippen molar-refractivity contribution in [3.63, 3.8) is 0 Å². The zero-order chi connectivity index (χ0) is 14.0. The van der Waals surface area contributed by atoms with Gasteiger partial charge in [-0.25, -0.2) is 9.59 Å². The molecule has 0 saturated heterocycles. The molecule has 19 heavy (non-hydrogen) atoms. The molecule has 5 heteroatoms. The fourth-order valence-electron chi connectivity index (χ4n) is 2.31. The highest BCUT2D eigenvalue weighted by molar-refractivity contribution is 6.00. The molecule has 0 atom stereocenters. The van der Waals surface area contributed by atoms with E-state index in [0.29, 0.717) is 11.6 Å². The van der Waals surface area contributed by atoms with Crippen LogP contribution in [-0.2, 0) is 0 Å². The van der Waals surface area contributed by atoms with Gasteiger partial charge in [0.05, 0.1) is 11.3 Å². The Morgan fingerprint density at radius 3 is 2.58 bits per heavy atom. The molecule has 1 fully saturated rings.